The fraction of sp³-hybridized carbons (Fsp3) is 0.733. The van der Waals surface area contributed by atoms with Gasteiger partial charge in [0.05, 0.1) is 6.61 Å². The first-order valence-electron chi connectivity index (χ1n) is 7.72. The lowest BCUT2D eigenvalue weighted by molar-refractivity contribution is 0.296. The second-order valence-electron chi connectivity index (χ2n) is 5.25. The van der Waals surface area contributed by atoms with Gasteiger partial charge in [0.1, 0.15) is 11.6 Å². The van der Waals surface area contributed by atoms with Gasteiger partial charge in [-0.2, -0.15) is 4.98 Å². The summed E-state index contributed by atoms with van der Waals surface area (Å²) in [5.74, 6) is 2.25. The van der Waals surface area contributed by atoms with Crippen LogP contribution in [0.2, 0.25) is 0 Å². The minimum Gasteiger partial charge on any atom is -0.478 e. The first-order chi connectivity index (χ1) is 9.78. The molecule has 0 unspecified atom stereocenters. The summed E-state index contributed by atoms with van der Waals surface area (Å²) in [6.07, 6.45) is 5.43. The monoisotopic (exact) mass is 278 g/mol. The fourth-order valence-corrected chi connectivity index (χ4v) is 2.55. The molecule has 20 heavy (non-hydrogen) atoms. The smallest absolute Gasteiger partial charge is 0.218 e. The molecule has 0 aliphatic carbocycles. The first-order valence-corrected chi connectivity index (χ1v) is 7.72. The molecule has 2 rings (SSSR count). The van der Waals surface area contributed by atoms with Gasteiger partial charge in [0, 0.05) is 19.2 Å². The van der Waals surface area contributed by atoms with E-state index in [1.807, 2.05) is 19.9 Å². The molecule has 1 aromatic heterocycles. The highest BCUT2D eigenvalue weighted by molar-refractivity contribution is 5.38. The molecule has 0 spiro atoms. The average molecular weight is 278 g/mol. The van der Waals surface area contributed by atoms with Crippen LogP contribution in [0, 0.1) is 6.92 Å². The van der Waals surface area contributed by atoms with E-state index in [1.165, 1.54) is 38.8 Å². The zero-order valence-electron chi connectivity index (χ0n) is 12.7. The van der Waals surface area contributed by atoms with Crippen molar-refractivity contribution < 1.29 is 4.74 Å². The van der Waals surface area contributed by atoms with E-state index in [0.717, 1.165) is 24.7 Å². The molecular formula is C15H26N4O. The molecule has 1 fully saturated rings. The lowest BCUT2D eigenvalue weighted by Crippen LogP contribution is -2.30. The van der Waals surface area contributed by atoms with Gasteiger partial charge in [-0.15, -0.1) is 0 Å². The predicted octanol–water partition coefficient (Wildman–Crippen LogP) is 2.47. The van der Waals surface area contributed by atoms with Gasteiger partial charge in [0.2, 0.25) is 5.88 Å². The molecule has 112 valence electrons. The van der Waals surface area contributed by atoms with E-state index in [-0.39, 0.29) is 0 Å². The van der Waals surface area contributed by atoms with E-state index in [2.05, 4.69) is 20.2 Å². The van der Waals surface area contributed by atoms with Gasteiger partial charge in [-0.3, -0.25) is 0 Å². The number of hydrogen-bond acceptors (Lipinski definition) is 5. The molecular weight excluding hydrogens is 252 g/mol. The van der Waals surface area contributed by atoms with Crippen molar-refractivity contribution in [2.75, 3.05) is 38.1 Å². The SMILES string of the molecule is CCOc1cc(NCCN2CCCCCC2)nc(C)n1. The van der Waals surface area contributed by atoms with Crippen molar-refractivity contribution in [3.63, 3.8) is 0 Å². The minimum absolute atomic E-state index is 0.629. The maximum absolute atomic E-state index is 5.44. The van der Waals surface area contributed by atoms with Gasteiger partial charge < -0.3 is 15.0 Å². The summed E-state index contributed by atoms with van der Waals surface area (Å²) >= 11 is 0. The molecule has 2 heterocycles. The van der Waals surface area contributed by atoms with Crippen LogP contribution >= 0.6 is 0 Å². The van der Waals surface area contributed by atoms with E-state index in [1.54, 1.807) is 0 Å². The number of aryl methyl sites for hydroxylation is 1. The summed E-state index contributed by atoms with van der Waals surface area (Å²) in [5, 5.41) is 3.38. The van der Waals surface area contributed by atoms with Crippen molar-refractivity contribution in [2.45, 2.75) is 39.5 Å². The Bertz CT molecular complexity index is 403. The maximum Gasteiger partial charge on any atom is 0.218 e. The molecule has 0 bridgehead atoms. The molecule has 5 nitrogen and oxygen atoms in total. The topological polar surface area (TPSA) is 50.3 Å². The highest BCUT2D eigenvalue weighted by Gasteiger charge is 2.08. The van der Waals surface area contributed by atoms with Crippen LogP contribution in [-0.4, -0.2) is 47.7 Å². The van der Waals surface area contributed by atoms with Crippen LogP contribution in [0.25, 0.3) is 0 Å². The van der Waals surface area contributed by atoms with Gasteiger partial charge in [-0.1, -0.05) is 12.8 Å². The van der Waals surface area contributed by atoms with Crippen LogP contribution in [0.1, 0.15) is 38.4 Å². The number of nitrogens with one attached hydrogen (secondary N) is 1. The third-order valence-electron chi connectivity index (χ3n) is 3.54. The second kappa shape index (κ2) is 8.04. The maximum atomic E-state index is 5.44. The van der Waals surface area contributed by atoms with Crippen LogP contribution in [-0.2, 0) is 0 Å². The number of rotatable bonds is 6. The van der Waals surface area contributed by atoms with Gasteiger partial charge in [-0.05, 0) is 39.8 Å². The van der Waals surface area contributed by atoms with Crippen molar-refractivity contribution in [3.05, 3.63) is 11.9 Å². The van der Waals surface area contributed by atoms with E-state index >= 15 is 0 Å². The Kier molecular flexibility index (Phi) is 6.05. The fourth-order valence-electron chi connectivity index (χ4n) is 2.55. The van der Waals surface area contributed by atoms with E-state index in [0.29, 0.717) is 12.5 Å². The Balaban J connectivity index is 1.80. The standard InChI is InChI=1S/C15H26N4O/c1-3-20-15-12-14(17-13(2)18-15)16-8-11-19-9-6-4-5-7-10-19/h12H,3-11H2,1-2H3,(H,16,17,18). The molecule has 1 aliphatic heterocycles. The summed E-state index contributed by atoms with van der Waals surface area (Å²) in [6, 6.07) is 1.87. The van der Waals surface area contributed by atoms with Crippen LogP contribution in [0.15, 0.2) is 6.07 Å². The molecule has 1 N–H and O–H groups in total. The van der Waals surface area contributed by atoms with Crippen molar-refractivity contribution in [2.24, 2.45) is 0 Å². The largest absolute Gasteiger partial charge is 0.478 e. The van der Waals surface area contributed by atoms with Crippen molar-refractivity contribution in [1.82, 2.24) is 14.9 Å². The molecule has 5 heteroatoms. The number of aromatic nitrogens is 2. The van der Waals surface area contributed by atoms with Gasteiger partial charge in [-0.25, -0.2) is 4.98 Å². The summed E-state index contributed by atoms with van der Waals surface area (Å²) in [6.45, 7) is 8.94. The molecule has 0 amide bonds. The van der Waals surface area contributed by atoms with Crippen molar-refractivity contribution in [3.8, 4) is 5.88 Å². The Morgan fingerprint density at radius 1 is 1.20 bits per heavy atom. The summed E-state index contributed by atoms with van der Waals surface area (Å²) < 4.78 is 5.44. The van der Waals surface area contributed by atoms with E-state index in [9.17, 15) is 0 Å². The van der Waals surface area contributed by atoms with E-state index in [4.69, 9.17) is 4.74 Å². The van der Waals surface area contributed by atoms with Crippen molar-refractivity contribution >= 4 is 5.82 Å². The molecule has 1 saturated heterocycles. The van der Waals surface area contributed by atoms with E-state index < -0.39 is 0 Å². The lowest BCUT2D eigenvalue weighted by Gasteiger charge is -2.20. The zero-order valence-corrected chi connectivity index (χ0v) is 12.7. The Hall–Kier alpha value is -1.36. The average Bonchev–Trinajstić information content (AvgIpc) is 2.67. The van der Waals surface area contributed by atoms with Crippen LogP contribution < -0.4 is 10.1 Å². The molecule has 0 atom stereocenters. The predicted molar refractivity (Wildman–Crippen MR) is 81.3 cm³/mol. The summed E-state index contributed by atoms with van der Waals surface area (Å²) in [4.78, 5) is 11.2. The van der Waals surface area contributed by atoms with Gasteiger partial charge >= 0.3 is 0 Å². The quantitative estimate of drug-likeness (QED) is 0.866. The third-order valence-corrected chi connectivity index (χ3v) is 3.54. The third kappa shape index (κ3) is 4.96. The number of hydrogen-bond donors (Lipinski definition) is 1. The van der Waals surface area contributed by atoms with Crippen LogP contribution in [0.3, 0.4) is 0 Å². The number of ether oxygens (including phenoxy) is 1. The number of anilines is 1. The normalized spacial score (nSPS) is 16.7. The summed E-state index contributed by atoms with van der Waals surface area (Å²) in [5.41, 5.74) is 0. The number of likely N-dealkylation sites (tertiary alicyclic amines) is 1. The Morgan fingerprint density at radius 3 is 2.65 bits per heavy atom. The molecule has 1 aromatic rings. The molecule has 0 radical (unpaired) electrons. The Morgan fingerprint density at radius 2 is 1.95 bits per heavy atom. The highest BCUT2D eigenvalue weighted by atomic mass is 16.5. The molecule has 0 aromatic carbocycles. The van der Waals surface area contributed by atoms with Gasteiger partial charge in [0.25, 0.3) is 0 Å². The zero-order chi connectivity index (χ0) is 14.2. The Labute approximate surface area is 121 Å². The first kappa shape index (κ1) is 15.0. The second-order valence-corrected chi connectivity index (χ2v) is 5.25. The molecule has 1 aliphatic rings. The van der Waals surface area contributed by atoms with Crippen molar-refractivity contribution in [1.29, 1.82) is 0 Å². The summed E-state index contributed by atoms with van der Waals surface area (Å²) in [7, 11) is 0. The highest BCUT2D eigenvalue weighted by Crippen LogP contribution is 2.13. The lowest BCUT2D eigenvalue weighted by atomic mass is 10.2. The van der Waals surface area contributed by atoms with Crippen LogP contribution in [0.4, 0.5) is 5.82 Å². The molecule has 0 saturated carbocycles. The van der Waals surface area contributed by atoms with Crippen LogP contribution in [0.5, 0.6) is 5.88 Å². The van der Waals surface area contributed by atoms with Gasteiger partial charge in [0.15, 0.2) is 0 Å². The minimum atomic E-state index is 0.629. The number of nitrogens with zero attached hydrogens (tertiary/aromatic N) is 3.